The van der Waals surface area contributed by atoms with Crippen molar-refractivity contribution in [2.24, 2.45) is 12.9 Å². The molecule has 0 amide bonds. The summed E-state index contributed by atoms with van der Waals surface area (Å²) in [6.45, 7) is 1.93. The van der Waals surface area contributed by atoms with Crippen LogP contribution in [0.25, 0.3) is 0 Å². The van der Waals surface area contributed by atoms with Crippen molar-refractivity contribution in [3.63, 3.8) is 0 Å². The van der Waals surface area contributed by atoms with Crippen LogP contribution in [-0.4, -0.2) is 39.5 Å². The fourth-order valence-electron chi connectivity index (χ4n) is 1.13. The number of aromatic nitrogens is 4. The van der Waals surface area contributed by atoms with Crippen molar-refractivity contribution < 1.29 is 4.74 Å². The summed E-state index contributed by atoms with van der Waals surface area (Å²) in [6.07, 6.45) is 0.600. The molecule has 7 heteroatoms. The van der Waals surface area contributed by atoms with Gasteiger partial charge in [0.25, 0.3) is 0 Å². The Kier molecular flexibility index (Phi) is 3.93. The molecule has 1 rings (SSSR count). The Bertz CT molecular complexity index is 275. The summed E-state index contributed by atoms with van der Waals surface area (Å²) in [7, 11) is 3.36. The minimum Gasteiger partial charge on any atom is -0.380 e. The van der Waals surface area contributed by atoms with E-state index in [1.807, 2.05) is 6.92 Å². The van der Waals surface area contributed by atoms with Gasteiger partial charge in [-0.1, -0.05) is 0 Å². The standard InChI is InChI=1S/C7H16N6O/c1-5(14-3)6(9-8)4-7-10-12-13(2)11-7/h5-6,9H,4,8H2,1-3H3. The summed E-state index contributed by atoms with van der Waals surface area (Å²) in [5, 5.41) is 11.7. The molecule has 0 saturated heterocycles. The molecule has 0 fully saturated rings. The van der Waals surface area contributed by atoms with Crippen LogP contribution in [0, 0.1) is 0 Å². The molecular weight excluding hydrogens is 184 g/mol. The maximum Gasteiger partial charge on any atom is 0.176 e. The molecule has 0 aliphatic rings. The molecule has 1 aromatic rings. The quantitative estimate of drug-likeness (QED) is 0.449. The number of rotatable bonds is 5. The summed E-state index contributed by atoms with van der Waals surface area (Å²) in [5.41, 5.74) is 2.67. The van der Waals surface area contributed by atoms with Gasteiger partial charge in [0.1, 0.15) is 0 Å². The zero-order valence-corrected chi connectivity index (χ0v) is 8.64. The maximum atomic E-state index is 5.39. The van der Waals surface area contributed by atoms with Crippen LogP contribution >= 0.6 is 0 Å². The number of aryl methyl sites for hydroxylation is 1. The van der Waals surface area contributed by atoms with E-state index < -0.39 is 0 Å². The first-order valence-corrected chi connectivity index (χ1v) is 4.39. The second-order valence-corrected chi connectivity index (χ2v) is 3.11. The third-order valence-corrected chi connectivity index (χ3v) is 2.10. The molecule has 0 saturated carbocycles. The highest BCUT2D eigenvalue weighted by Gasteiger charge is 2.17. The van der Waals surface area contributed by atoms with E-state index in [0.717, 1.165) is 0 Å². The molecule has 1 heterocycles. The van der Waals surface area contributed by atoms with E-state index in [1.165, 1.54) is 4.80 Å². The number of nitrogens with zero attached hydrogens (tertiary/aromatic N) is 4. The average molecular weight is 200 g/mol. The van der Waals surface area contributed by atoms with E-state index in [-0.39, 0.29) is 12.1 Å². The van der Waals surface area contributed by atoms with Gasteiger partial charge in [-0.25, -0.2) is 0 Å². The molecule has 1 aromatic heterocycles. The van der Waals surface area contributed by atoms with Crippen LogP contribution in [0.1, 0.15) is 12.7 Å². The molecule has 7 nitrogen and oxygen atoms in total. The lowest BCUT2D eigenvalue weighted by molar-refractivity contribution is 0.0824. The van der Waals surface area contributed by atoms with Crippen molar-refractivity contribution in [3.8, 4) is 0 Å². The second-order valence-electron chi connectivity index (χ2n) is 3.11. The summed E-state index contributed by atoms with van der Waals surface area (Å²) < 4.78 is 5.16. The highest BCUT2D eigenvalue weighted by Crippen LogP contribution is 2.01. The van der Waals surface area contributed by atoms with E-state index in [4.69, 9.17) is 10.6 Å². The molecule has 14 heavy (non-hydrogen) atoms. The van der Waals surface area contributed by atoms with Crippen LogP contribution in [-0.2, 0) is 18.2 Å². The molecule has 3 N–H and O–H groups in total. The van der Waals surface area contributed by atoms with Gasteiger partial charge in [-0.2, -0.15) is 4.80 Å². The predicted molar refractivity (Wildman–Crippen MR) is 50.1 cm³/mol. The van der Waals surface area contributed by atoms with E-state index in [2.05, 4.69) is 20.8 Å². The van der Waals surface area contributed by atoms with Crippen LogP contribution in [0.2, 0.25) is 0 Å². The van der Waals surface area contributed by atoms with E-state index >= 15 is 0 Å². The average Bonchev–Trinajstić information content (AvgIpc) is 2.59. The van der Waals surface area contributed by atoms with Gasteiger partial charge in [0, 0.05) is 13.5 Å². The van der Waals surface area contributed by atoms with Crippen molar-refractivity contribution in [2.45, 2.75) is 25.5 Å². The molecule has 2 atom stereocenters. The van der Waals surface area contributed by atoms with Gasteiger partial charge < -0.3 is 4.74 Å². The number of methoxy groups -OCH3 is 1. The molecule has 0 spiro atoms. The summed E-state index contributed by atoms with van der Waals surface area (Å²) in [6, 6.07) is -0.0100. The molecular formula is C7H16N6O. The number of ether oxygens (including phenoxy) is 1. The Balaban J connectivity index is 2.56. The lowest BCUT2D eigenvalue weighted by Crippen LogP contribution is -2.45. The summed E-state index contributed by atoms with van der Waals surface area (Å²) >= 11 is 0. The lowest BCUT2D eigenvalue weighted by atomic mass is 10.1. The fraction of sp³-hybridized carbons (Fsp3) is 0.857. The van der Waals surface area contributed by atoms with E-state index in [1.54, 1.807) is 14.2 Å². The van der Waals surface area contributed by atoms with Crippen LogP contribution in [0.3, 0.4) is 0 Å². The molecule has 80 valence electrons. The first-order chi connectivity index (χ1) is 6.67. The predicted octanol–water partition coefficient (Wildman–Crippen LogP) is -1.38. The lowest BCUT2D eigenvalue weighted by Gasteiger charge is -2.20. The monoisotopic (exact) mass is 200 g/mol. The Morgan fingerprint density at radius 1 is 1.64 bits per heavy atom. The minimum atomic E-state index is -0.0100. The Morgan fingerprint density at radius 2 is 2.36 bits per heavy atom. The van der Waals surface area contributed by atoms with Crippen LogP contribution in [0.4, 0.5) is 0 Å². The van der Waals surface area contributed by atoms with Crippen molar-refractivity contribution in [2.75, 3.05) is 7.11 Å². The van der Waals surface area contributed by atoms with Gasteiger partial charge in [0.05, 0.1) is 19.2 Å². The highest BCUT2D eigenvalue weighted by atomic mass is 16.5. The van der Waals surface area contributed by atoms with Crippen molar-refractivity contribution in [3.05, 3.63) is 5.82 Å². The topological polar surface area (TPSA) is 90.9 Å². The van der Waals surface area contributed by atoms with Gasteiger partial charge in [0.2, 0.25) is 0 Å². The first kappa shape index (κ1) is 11.0. The van der Waals surface area contributed by atoms with Gasteiger partial charge in [-0.3, -0.25) is 11.3 Å². The highest BCUT2D eigenvalue weighted by molar-refractivity contribution is 4.86. The SMILES string of the molecule is COC(C)C(Cc1nnn(C)n1)NN. The summed E-state index contributed by atoms with van der Waals surface area (Å²) in [5.74, 6) is 6.04. The smallest absolute Gasteiger partial charge is 0.176 e. The van der Waals surface area contributed by atoms with Gasteiger partial charge in [-0.15, -0.1) is 10.2 Å². The maximum absolute atomic E-state index is 5.39. The third-order valence-electron chi connectivity index (χ3n) is 2.10. The van der Waals surface area contributed by atoms with Gasteiger partial charge in [0.15, 0.2) is 5.82 Å². The molecule has 2 unspecified atom stereocenters. The number of hydrogen-bond acceptors (Lipinski definition) is 6. The van der Waals surface area contributed by atoms with Crippen LogP contribution in [0.15, 0.2) is 0 Å². The number of nitrogens with one attached hydrogen (secondary N) is 1. The number of nitrogens with two attached hydrogens (primary N) is 1. The second kappa shape index (κ2) is 4.99. The molecule has 0 radical (unpaired) electrons. The largest absolute Gasteiger partial charge is 0.380 e. The third kappa shape index (κ3) is 2.72. The van der Waals surface area contributed by atoms with E-state index in [0.29, 0.717) is 12.2 Å². The van der Waals surface area contributed by atoms with Gasteiger partial charge >= 0.3 is 0 Å². The zero-order valence-electron chi connectivity index (χ0n) is 8.64. The molecule has 0 aromatic carbocycles. The zero-order chi connectivity index (χ0) is 10.6. The van der Waals surface area contributed by atoms with Crippen molar-refractivity contribution in [1.29, 1.82) is 0 Å². The minimum absolute atomic E-state index is 0.00352. The Morgan fingerprint density at radius 3 is 2.79 bits per heavy atom. The number of hydrazine groups is 1. The van der Waals surface area contributed by atoms with Crippen molar-refractivity contribution >= 4 is 0 Å². The summed E-state index contributed by atoms with van der Waals surface area (Å²) in [4.78, 5) is 1.42. The first-order valence-electron chi connectivity index (χ1n) is 4.39. The molecule has 0 bridgehead atoms. The fourth-order valence-corrected chi connectivity index (χ4v) is 1.13. The molecule has 0 aliphatic heterocycles. The molecule has 0 aliphatic carbocycles. The van der Waals surface area contributed by atoms with Crippen LogP contribution < -0.4 is 11.3 Å². The normalized spacial score (nSPS) is 15.4. The number of tetrazole rings is 1. The van der Waals surface area contributed by atoms with Crippen LogP contribution in [0.5, 0.6) is 0 Å². The van der Waals surface area contributed by atoms with Crippen molar-refractivity contribution in [1.82, 2.24) is 25.6 Å². The number of hydrogen-bond donors (Lipinski definition) is 2. The Hall–Kier alpha value is -1.05. The Labute approximate surface area is 82.6 Å². The van der Waals surface area contributed by atoms with E-state index in [9.17, 15) is 0 Å². The van der Waals surface area contributed by atoms with Gasteiger partial charge in [-0.05, 0) is 12.1 Å².